The molecular formula is C12H19NO2. The Morgan fingerprint density at radius 3 is 2.27 bits per heavy atom. The molecular weight excluding hydrogens is 190 g/mol. The summed E-state index contributed by atoms with van der Waals surface area (Å²) >= 11 is 0. The molecule has 0 amide bonds. The van der Waals surface area contributed by atoms with Crippen molar-refractivity contribution in [3.05, 3.63) is 23.3 Å². The van der Waals surface area contributed by atoms with Crippen molar-refractivity contribution in [2.45, 2.75) is 13.5 Å². The fourth-order valence-electron chi connectivity index (χ4n) is 1.57. The first-order valence-corrected chi connectivity index (χ1v) is 4.94. The van der Waals surface area contributed by atoms with Gasteiger partial charge in [0.05, 0.1) is 14.2 Å². The first-order valence-electron chi connectivity index (χ1n) is 4.94. The van der Waals surface area contributed by atoms with Gasteiger partial charge in [0.2, 0.25) is 0 Å². The molecule has 0 spiro atoms. The quantitative estimate of drug-likeness (QED) is 0.757. The number of rotatable bonds is 4. The van der Waals surface area contributed by atoms with Gasteiger partial charge in [-0.2, -0.15) is 0 Å². The van der Waals surface area contributed by atoms with Gasteiger partial charge in [-0.3, -0.25) is 0 Å². The Labute approximate surface area is 91.6 Å². The lowest BCUT2D eigenvalue weighted by Gasteiger charge is -2.17. The van der Waals surface area contributed by atoms with Crippen molar-refractivity contribution in [1.82, 2.24) is 4.90 Å². The number of methoxy groups -OCH3 is 2. The third-order valence-corrected chi connectivity index (χ3v) is 2.34. The molecule has 0 fully saturated rings. The van der Waals surface area contributed by atoms with Crippen LogP contribution in [-0.2, 0) is 6.54 Å². The molecule has 1 rings (SSSR count). The summed E-state index contributed by atoms with van der Waals surface area (Å²) in [6.07, 6.45) is 0. The van der Waals surface area contributed by atoms with Gasteiger partial charge in [-0.15, -0.1) is 0 Å². The molecule has 0 unspecified atom stereocenters. The highest BCUT2D eigenvalue weighted by Crippen LogP contribution is 2.28. The summed E-state index contributed by atoms with van der Waals surface area (Å²) in [7, 11) is 7.44. The Balaban J connectivity index is 3.12. The van der Waals surface area contributed by atoms with Crippen molar-refractivity contribution in [1.29, 1.82) is 0 Å². The minimum atomic E-state index is 0.840. The van der Waals surface area contributed by atoms with Crippen molar-refractivity contribution >= 4 is 0 Å². The summed E-state index contributed by atoms with van der Waals surface area (Å²) in [4.78, 5) is 2.12. The summed E-state index contributed by atoms with van der Waals surface area (Å²) < 4.78 is 10.6. The van der Waals surface area contributed by atoms with Gasteiger partial charge in [0.15, 0.2) is 0 Å². The third kappa shape index (κ3) is 2.86. The maximum Gasteiger partial charge on any atom is 0.127 e. The van der Waals surface area contributed by atoms with Gasteiger partial charge in [-0.25, -0.2) is 0 Å². The van der Waals surface area contributed by atoms with E-state index in [1.807, 2.05) is 26.2 Å². The van der Waals surface area contributed by atoms with Crippen LogP contribution in [-0.4, -0.2) is 33.2 Å². The zero-order chi connectivity index (χ0) is 11.4. The van der Waals surface area contributed by atoms with Crippen molar-refractivity contribution in [2.75, 3.05) is 28.3 Å². The van der Waals surface area contributed by atoms with Crippen LogP contribution in [0, 0.1) is 6.92 Å². The summed E-state index contributed by atoms with van der Waals surface area (Å²) in [5, 5.41) is 0. The molecule has 0 saturated carbocycles. The average molecular weight is 209 g/mol. The molecule has 1 aromatic rings. The van der Waals surface area contributed by atoms with Crippen LogP contribution in [0.2, 0.25) is 0 Å². The SMILES string of the molecule is COc1cc(C)c(CN(C)C)c(OC)c1. The summed E-state index contributed by atoms with van der Waals surface area (Å²) in [5.41, 5.74) is 2.41. The van der Waals surface area contributed by atoms with Crippen LogP contribution >= 0.6 is 0 Å². The Morgan fingerprint density at radius 2 is 1.80 bits per heavy atom. The van der Waals surface area contributed by atoms with Crippen molar-refractivity contribution in [3.8, 4) is 11.5 Å². The lowest BCUT2D eigenvalue weighted by atomic mass is 10.1. The number of ether oxygens (including phenoxy) is 2. The molecule has 0 atom stereocenters. The van der Waals surface area contributed by atoms with Crippen LogP contribution in [0.5, 0.6) is 11.5 Å². The van der Waals surface area contributed by atoms with Gasteiger partial charge in [0, 0.05) is 18.2 Å². The third-order valence-electron chi connectivity index (χ3n) is 2.34. The predicted octanol–water partition coefficient (Wildman–Crippen LogP) is 2.07. The topological polar surface area (TPSA) is 21.7 Å². The zero-order valence-electron chi connectivity index (χ0n) is 10.1. The summed E-state index contributed by atoms with van der Waals surface area (Å²) in [6.45, 7) is 2.95. The highest BCUT2D eigenvalue weighted by molar-refractivity contribution is 5.46. The van der Waals surface area contributed by atoms with E-state index in [2.05, 4.69) is 11.8 Å². The van der Waals surface area contributed by atoms with Gasteiger partial charge in [0.1, 0.15) is 11.5 Å². The molecule has 0 saturated heterocycles. The summed E-state index contributed by atoms with van der Waals surface area (Å²) in [6, 6.07) is 3.95. The van der Waals surface area contributed by atoms with Gasteiger partial charge < -0.3 is 14.4 Å². The summed E-state index contributed by atoms with van der Waals surface area (Å²) in [5.74, 6) is 1.73. The monoisotopic (exact) mass is 209 g/mol. The van der Waals surface area contributed by atoms with Crippen LogP contribution in [0.1, 0.15) is 11.1 Å². The smallest absolute Gasteiger partial charge is 0.127 e. The largest absolute Gasteiger partial charge is 0.497 e. The Morgan fingerprint density at radius 1 is 1.13 bits per heavy atom. The van der Waals surface area contributed by atoms with Gasteiger partial charge in [-0.05, 0) is 32.6 Å². The normalized spacial score (nSPS) is 10.5. The van der Waals surface area contributed by atoms with E-state index in [4.69, 9.17) is 9.47 Å². The second kappa shape index (κ2) is 5.03. The van der Waals surface area contributed by atoms with Crippen LogP contribution in [0.25, 0.3) is 0 Å². The van der Waals surface area contributed by atoms with E-state index in [1.165, 1.54) is 11.1 Å². The van der Waals surface area contributed by atoms with Crippen LogP contribution in [0.3, 0.4) is 0 Å². The fourth-order valence-corrected chi connectivity index (χ4v) is 1.57. The second-order valence-electron chi connectivity index (χ2n) is 3.86. The predicted molar refractivity (Wildman–Crippen MR) is 61.7 cm³/mol. The molecule has 15 heavy (non-hydrogen) atoms. The number of hydrogen-bond acceptors (Lipinski definition) is 3. The maximum atomic E-state index is 5.36. The molecule has 0 aliphatic carbocycles. The molecule has 0 heterocycles. The molecule has 1 aromatic carbocycles. The van der Waals surface area contributed by atoms with Crippen LogP contribution < -0.4 is 9.47 Å². The Bertz CT molecular complexity index is 335. The van der Waals surface area contributed by atoms with E-state index in [0.29, 0.717) is 0 Å². The van der Waals surface area contributed by atoms with E-state index >= 15 is 0 Å². The molecule has 0 radical (unpaired) electrons. The van der Waals surface area contributed by atoms with Crippen molar-refractivity contribution < 1.29 is 9.47 Å². The second-order valence-corrected chi connectivity index (χ2v) is 3.86. The molecule has 0 aromatic heterocycles. The van der Waals surface area contributed by atoms with E-state index in [1.54, 1.807) is 14.2 Å². The molecule has 0 bridgehead atoms. The first kappa shape index (κ1) is 11.9. The van der Waals surface area contributed by atoms with E-state index in [9.17, 15) is 0 Å². The standard InChI is InChI=1S/C12H19NO2/c1-9-6-10(14-4)7-12(15-5)11(9)8-13(2)3/h6-7H,8H2,1-5H3. The molecule has 84 valence electrons. The molecule has 0 aliphatic rings. The highest BCUT2D eigenvalue weighted by atomic mass is 16.5. The van der Waals surface area contributed by atoms with Gasteiger partial charge >= 0.3 is 0 Å². The number of aryl methyl sites for hydroxylation is 1. The molecule has 3 heteroatoms. The van der Waals surface area contributed by atoms with Crippen molar-refractivity contribution in [2.24, 2.45) is 0 Å². The minimum absolute atomic E-state index is 0.840. The highest BCUT2D eigenvalue weighted by Gasteiger charge is 2.09. The molecule has 0 aliphatic heterocycles. The zero-order valence-corrected chi connectivity index (χ0v) is 10.1. The van der Waals surface area contributed by atoms with E-state index < -0.39 is 0 Å². The van der Waals surface area contributed by atoms with Crippen molar-refractivity contribution in [3.63, 3.8) is 0 Å². The number of nitrogens with zero attached hydrogens (tertiary/aromatic N) is 1. The number of benzene rings is 1. The minimum Gasteiger partial charge on any atom is -0.497 e. The maximum absolute atomic E-state index is 5.36. The lowest BCUT2D eigenvalue weighted by Crippen LogP contribution is -2.12. The Hall–Kier alpha value is -1.22. The fraction of sp³-hybridized carbons (Fsp3) is 0.500. The molecule has 3 nitrogen and oxygen atoms in total. The lowest BCUT2D eigenvalue weighted by molar-refractivity contribution is 0.364. The van der Waals surface area contributed by atoms with E-state index in [-0.39, 0.29) is 0 Å². The van der Waals surface area contributed by atoms with Crippen LogP contribution in [0.15, 0.2) is 12.1 Å². The first-order chi connectivity index (χ1) is 7.08. The van der Waals surface area contributed by atoms with E-state index in [0.717, 1.165) is 18.0 Å². The van der Waals surface area contributed by atoms with Gasteiger partial charge in [-0.1, -0.05) is 0 Å². The molecule has 0 N–H and O–H groups in total. The van der Waals surface area contributed by atoms with Crippen LogP contribution in [0.4, 0.5) is 0 Å². The number of hydrogen-bond donors (Lipinski definition) is 0. The Kier molecular flexibility index (Phi) is 3.97. The van der Waals surface area contributed by atoms with Gasteiger partial charge in [0.25, 0.3) is 0 Å². The average Bonchev–Trinajstić information content (AvgIpc) is 2.20.